The molecule has 7 rings (SSSR count). The van der Waals surface area contributed by atoms with Gasteiger partial charge in [-0.15, -0.1) is 0 Å². The Morgan fingerprint density at radius 2 is 1.57 bits per heavy atom. The molecule has 4 aromatic rings. The molecule has 2 fully saturated rings. The predicted octanol–water partition coefficient (Wildman–Crippen LogP) is 8.47. The summed E-state index contributed by atoms with van der Waals surface area (Å²) in [6, 6.07) is 15.2. The first kappa shape index (κ1) is 32.9. The number of aryl methyl sites for hydroxylation is 2. The van der Waals surface area contributed by atoms with E-state index in [9.17, 15) is 9.59 Å². The van der Waals surface area contributed by atoms with Crippen LogP contribution in [0.3, 0.4) is 0 Å². The van der Waals surface area contributed by atoms with Crippen LogP contribution in [0.25, 0.3) is 33.6 Å². The summed E-state index contributed by atoms with van der Waals surface area (Å²) in [5.74, 6) is 1.88. The molecule has 3 aliphatic rings. The van der Waals surface area contributed by atoms with Crippen LogP contribution in [0.1, 0.15) is 109 Å². The van der Waals surface area contributed by atoms with Gasteiger partial charge in [-0.2, -0.15) is 0 Å². The summed E-state index contributed by atoms with van der Waals surface area (Å²) in [4.78, 5) is 44.1. The number of aromatic amines is 2. The SMILES string of the molecule is CC(C)(C)OC(=O)NC1CCCC1c1ncc(-c2ccc(-c3ccc4c(c3)CCc3nc([C@@H]5CCCN5C(=O)OC(C)(C)C)[nH]c3-4)cc2)[nH]1. The summed E-state index contributed by atoms with van der Waals surface area (Å²) in [5, 5.41) is 3.07. The van der Waals surface area contributed by atoms with E-state index in [0.29, 0.717) is 6.54 Å². The molecule has 2 amide bonds. The van der Waals surface area contributed by atoms with Crippen LogP contribution in [0, 0.1) is 0 Å². The number of aromatic nitrogens is 4. The molecule has 0 radical (unpaired) electrons. The first-order chi connectivity index (χ1) is 23.3. The molecule has 258 valence electrons. The Bertz CT molecular complexity index is 1840. The summed E-state index contributed by atoms with van der Waals surface area (Å²) in [6.45, 7) is 12.0. The molecule has 1 saturated heterocycles. The lowest BCUT2D eigenvalue weighted by Crippen LogP contribution is -2.40. The molecule has 0 bridgehead atoms. The van der Waals surface area contributed by atoms with Crippen LogP contribution < -0.4 is 5.32 Å². The number of rotatable bonds is 5. The lowest BCUT2D eigenvalue weighted by Gasteiger charge is -2.27. The number of amides is 2. The van der Waals surface area contributed by atoms with E-state index >= 15 is 0 Å². The molecule has 2 unspecified atom stereocenters. The van der Waals surface area contributed by atoms with Gasteiger partial charge < -0.3 is 24.8 Å². The minimum Gasteiger partial charge on any atom is -0.444 e. The highest BCUT2D eigenvalue weighted by Crippen LogP contribution is 2.39. The van der Waals surface area contributed by atoms with Crippen LogP contribution in [0.5, 0.6) is 0 Å². The predicted molar refractivity (Wildman–Crippen MR) is 189 cm³/mol. The molecule has 10 heteroatoms. The summed E-state index contributed by atoms with van der Waals surface area (Å²) in [6.07, 6.45) is 7.74. The topological polar surface area (TPSA) is 125 Å². The molecular weight excluding hydrogens is 616 g/mol. The van der Waals surface area contributed by atoms with E-state index in [1.165, 1.54) is 16.7 Å². The van der Waals surface area contributed by atoms with Gasteiger partial charge in [-0.05, 0) is 102 Å². The van der Waals surface area contributed by atoms with Gasteiger partial charge in [0.1, 0.15) is 22.9 Å². The van der Waals surface area contributed by atoms with Crippen LogP contribution in [0.4, 0.5) is 9.59 Å². The van der Waals surface area contributed by atoms with Crippen molar-refractivity contribution in [3.63, 3.8) is 0 Å². The number of ether oxygens (including phenoxy) is 2. The van der Waals surface area contributed by atoms with E-state index in [2.05, 4.69) is 57.7 Å². The number of H-pyrrole nitrogens is 2. The largest absolute Gasteiger partial charge is 0.444 e. The highest BCUT2D eigenvalue weighted by atomic mass is 16.6. The normalized spacial score (nSPS) is 20.5. The average molecular weight is 665 g/mol. The molecule has 10 nitrogen and oxygen atoms in total. The third-order valence-electron chi connectivity index (χ3n) is 9.69. The van der Waals surface area contributed by atoms with Crippen molar-refractivity contribution in [3.05, 3.63) is 71.6 Å². The Hall–Kier alpha value is -4.60. The van der Waals surface area contributed by atoms with E-state index in [1.54, 1.807) is 0 Å². The zero-order valence-corrected chi connectivity index (χ0v) is 29.5. The molecule has 2 aromatic heterocycles. The molecule has 1 saturated carbocycles. The number of alkyl carbamates (subject to hydrolysis) is 1. The van der Waals surface area contributed by atoms with Gasteiger partial charge in [-0.3, -0.25) is 4.90 Å². The zero-order chi connectivity index (χ0) is 34.5. The zero-order valence-electron chi connectivity index (χ0n) is 29.5. The fourth-order valence-electron chi connectivity index (χ4n) is 7.49. The highest BCUT2D eigenvalue weighted by Gasteiger charge is 2.36. The number of benzene rings is 2. The van der Waals surface area contributed by atoms with Gasteiger partial charge in [-0.25, -0.2) is 19.6 Å². The highest BCUT2D eigenvalue weighted by molar-refractivity contribution is 5.76. The molecule has 3 atom stereocenters. The van der Waals surface area contributed by atoms with Gasteiger partial charge in [0.25, 0.3) is 0 Å². The molecular formula is C39H48N6O4. The Morgan fingerprint density at radius 1 is 0.837 bits per heavy atom. The summed E-state index contributed by atoms with van der Waals surface area (Å²) >= 11 is 0. The molecule has 3 heterocycles. The van der Waals surface area contributed by atoms with Crippen LogP contribution in [0.2, 0.25) is 0 Å². The molecule has 2 aliphatic carbocycles. The number of fused-ring (bicyclic) bond motifs is 3. The number of carbonyl (C=O) groups is 2. The molecule has 3 N–H and O–H groups in total. The number of likely N-dealkylation sites (tertiary alicyclic amines) is 1. The smallest absolute Gasteiger partial charge is 0.410 e. The second-order valence-electron chi connectivity index (χ2n) is 15.7. The second-order valence-corrected chi connectivity index (χ2v) is 15.7. The third kappa shape index (κ3) is 7.09. The first-order valence-electron chi connectivity index (χ1n) is 17.7. The maximum absolute atomic E-state index is 12.9. The van der Waals surface area contributed by atoms with E-state index in [1.807, 2.05) is 52.6 Å². The van der Waals surface area contributed by atoms with Gasteiger partial charge in [0.2, 0.25) is 0 Å². The minimum atomic E-state index is -0.533. The monoisotopic (exact) mass is 664 g/mol. The number of imidazole rings is 2. The maximum atomic E-state index is 12.9. The third-order valence-corrected chi connectivity index (χ3v) is 9.69. The van der Waals surface area contributed by atoms with Crippen molar-refractivity contribution in [1.29, 1.82) is 0 Å². The van der Waals surface area contributed by atoms with Crippen LogP contribution in [-0.4, -0.2) is 60.8 Å². The van der Waals surface area contributed by atoms with Crippen molar-refractivity contribution in [2.24, 2.45) is 0 Å². The quantitative estimate of drug-likeness (QED) is 0.197. The van der Waals surface area contributed by atoms with Gasteiger partial charge in [0.15, 0.2) is 0 Å². The van der Waals surface area contributed by atoms with E-state index in [0.717, 1.165) is 84.8 Å². The number of hydrogen-bond donors (Lipinski definition) is 3. The van der Waals surface area contributed by atoms with Crippen molar-refractivity contribution in [2.45, 2.75) is 116 Å². The van der Waals surface area contributed by atoms with Crippen LogP contribution in [-0.2, 0) is 22.3 Å². The van der Waals surface area contributed by atoms with E-state index in [-0.39, 0.29) is 30.2 Å². The van der Waals surface area contributed by atoms with Crippen molar-refractivity contribution in [1.82, 2.24) is 30.2 Å². The molecule has 49 heavy (non-hydrogen) atoms. The van der Waals surface area contributed by atoms with Crippen molar-refractivity contribution in [2.75, 3.05) is 6.54 Å². The summed E-state index contributed by atoms with van der Waals surface area (Å²) in [7, 11) is 0. The Kier molecular flexibility index (Phi) is 8.53. The van der Waals surface area contributed by atoms with Crippen molar-refractivity contribution >= 4 is 12.2 Å². The maximum Gasteiger partial charge on any atom is 0.410 e. The minimum absolute atomic E-state index is 0.000650. The standard InChI is InChI=1S/C39H48N6O4/c1-38(2,3)48-36(46)43-29-10-7-9-28(29)34-40-22-31(42-34)24-14-12-23(13-15-24)25-16-18-27-26(21-25)17-19-30-33(27)44-35(41-30)32-11-8-20-45(32)37(47)49-39(4,5)6/h12-16,18,21-22,28-29,32H,7-11,17,19-20H2,1-6H3,(H,40,42)(H,41,44)(H,43,46)/t28?,29?,32-/m0/s1. The Labute approximate surface area is 288 Å². The second kappa shape index (κ2) is 12.7. The van der Waals surface area contributed by atoms with Gasteiger partial charge in [-0.1, -0.05) is 48.9 Å². The Balaban J connectivity index is 1.04. The van der Waals surface area contributed by atoms with E-state index < -0.39 is 11.2 Å². The molecule has 0 spiro atoms. The average Bonchev–Trinajstić information content (AvgIpc) is 3.84. The number of carbonyl (C=O) groups excluding carboxylic acids is 2. The van der Waals surface area contributed by atoms with Crippen molar-refractivity contribution in [3.8, 4) is 33.6 Å². The van der Waals surface area contributed by atoms with E-state index in [4.69, 9.17) is 19.4 Å². The Morgan fingerprint density at radius 3 is 2.33 bits per heavy atom. The molecule has 2 aromatic carbocycles. The van der Waals surface area contributed by atoms with Gasteiger partial charge in [0.05, 0.1) is 29.3 Å². The number of nitrogens with one attached hydrogen (secondary N) is 3. The first-order valence-corrected chi connectivity index (χ1v) is 17.7. The fraction of sp³-hybridized carbons (Fsp3) is 0.487. The number of nitrogens with zero attached hydrogens (tertiary/aromatic N) is 3. The molecule has 1 aliphatic heterocycles. The number of hydrogen-bond acceptors (Lipinski definition) is 6. The summed E-state index contributed by atoms with van der Waals surface area (Å²) < 4.78 is 11.2. The van der Waals surface area contributed by atoms with Gasteiger partial charge in [0, 0.05) is 24.1 Å². The fourth-order valence-corrected chi connectivity index (χ4v) is 7.49. The van der Waals surface area contributed by atoms with Gasteiger partial charge >= 0.3 is 12.2 Å². The lowest BCUT2D eigenvalue weighted by molar-refractivity contribution is 0.0218. The lowest BCUT2D eigenvalue weighted by atomic mass is 9.89. The van der Waals surface area contributed by atoms with Crippen molar-refractivity contribution < 1.29 is 19.1 Å². The van der Waals surface area contributed by atoms with Crippen LogP contribution >= 0.6 is 0 Å². The van der Waals surface area contributed by atoms with Crippen LogP contribution in [0.15, 0.2) is 48.7 Å². The summed E-state index contributed by atoms with van der Waals surface area (Å²) in [5.41, 5.74) is 7.90.